The van der Waals surface area contributed by atoms with Crippen LogP contribution in [0.3, 0.4) is 0 Å². The maximum absolute atomic E-state index is 10.8. The van der Waals surface area contributed by atoms with Gasteiger partial charge in [0.05, 0.1) is 18.6 Å². The maximum Gasteiger partial charge on any atom is 0.267 e. The smallest absolute Gasteiger partial charge is 0.267 e. The molecule has 3 fully saturated rings. The minimum Gasteiger partial charge on any atom is -0.381 e. The van der Waals surface area contributed by atoms with E-state index in [0.29, 0.717) is 11.6 Å². The second-order valence-electron chi connectivity index (χ2n) is 7.15. The highest BCUT2D eigenvalue weighted by Gasteiger charge is 2.24. The molecule has 2 bridgehead atoms. The number of anilines is 2. The molecular weight excluding hydrogens is 344 g/mol. The number of hydrogen-bond acceptors (Lipinski definition) is 6. The number of aromatic nitrogens is 4. The summed E-state index contributed by atoms with van der Waals surface area (Å²) in [5.74, 6) is 1.22. The Morgan fingerprint density at radius 2 is 1.67 bits per heavy atom. The molecule has 0 radical (unpaired) electrons. The SMILES string of the molecule is C1CC2CCCC(C1)N2.C1CCOC1.O=c1cncc(Nc2ccn[nH]2)[nH]1. The van der Waals surface area contributed by atoms with Crippen LogP contribution in [0.5, 0.6) is 0 Å². The quantitative estimate of drug-likeness (QED) is 0.644. The van der Waals surface area contributed by atoms with Crippen LogP contribution >= 0.6 is 0 Å². The van der Waals surface area contributed by atoms with Crippen molar-refractivity contribution in [3.8, 4) is 0 Å². The van der Waals surface area contributed by atoms with Crippen molar-refractivity contribution in [2.45, 2.75) is 63.5 Å². The van der Waals surface area contributed by atoms with Crippen molar-refractivity contribution in [3.05, 3.63) is 35.0 Å². The molecule has 0 atom stereocenters. The predicted molar refractivity (Wildman–Crippen MR) is 105 cm³/mol. The molecule has 5 heterocycles. The number of nitrogens with zero attached hydrogens (tertiary/aromatic N) is 2. The third-order valence-corrected chi connectivity index (χ3v) is 4.93. The molecule has 0 aromatic carbocycles. The first-order valence-electron chi connectivity index (χ1n) is 9.94. The predicted octanol–water partition coefficient (Wildman–Crippen LogP) is 2.71. The molecular formula is C19H30N6O2. The van der Waals surface area contributed by atoms with Crippen LogP contribution in [0.25, 0.3) is 0 Å². The van der Waals surface area contributed by atoms with Crippen molar-refractivity contribution in [1.82, 2.24) is 25.5 Å². The van der Waals surface area contributed by atoms with Crippen molar-refractivity contribution in [2.75, 3.05) is 18.5 Å². The van der Waals surface area contributed by atoms with Crippen LogP contribution in [-0.2, 0) is 4.74 Å². The number of ether oxygens (including phenoxy) is 1. The topological polar surface area (TPSA) is 108 Å². The first-order chi connectivity index (χ1) is 13.3. The van der Waals surface area contributed by atoms with Crippen LogP contribution in [0.1, 0.15) is 51.4 Å². The van der Waals surface area contributed by atoms with Gasteiger partial charge in [-0.15, -0.1) is 0 Å². The van der Waals surface area contributed by atoms with Crippen LogP contribution in [0, 0.1) is 0 Å². The molecule has 8 nitrogen and oxygen atoms in total. The zero-order valence-corrected chi connectivity index (χ0v) is 15.7. The first kappa shape index (κ1) is 19.6. The summed E-state index contributed by atoms with van der Waals surface area (Å²) in [7, 11) is 0. The van der Waals surface area contributed by atoms with E-state index in [1.54, 1.807) is 12.3 Å². The van der Waals surface area contributed by atoms with Crippen LogP contribution in [0.15, 0.2) is 29.5 Å². The molecule has 3 saturated heterocycles. The van der Waals surface area contributed by atoms with Crippen LogP contribution < -0.4 is 16.2 Å². The number of rotatable bonds is 2. The van der Waals surface area contributed by atoms with Gasteiger partial charge in [-0.25, -0.2) is 0 Å². The van der Waals surface area contributed by atoms with Crippen molar-refractivity contribution in [3.63, 3.8) is 0 Å². The summed E-state index contributed by atoms with van der Waals surface area (Å²) >= 11 is 0. The van der Waals surface area contributed by atoms with E-state index >= 15 is 0 Å². The van der Waals surface area contributed by atoms with Gasteiger partial charge in [0.25, 0.3) is 5.56 Å². The number of hydrogen-bond donors (Lipinski definition) is 4. The Kier molecular flexibility index (Phi) is 7.85. The van der Waals surface area contributed by atoms with E-state index in [0.717, 1.165) is 25.3 Å². The van der Waals surface area contributed by atoms with E-state index in [1.165, 1.54) is 63.8 Å². The third-order valence-electron chi connectivity index (χ3n) is 4.93. The second kappa shape index (κ2) is 10.8. The average molecular weight is 374 g/mol. The van der Waals surface area contributed by atoms with E-state index in [4.69, 9.17) is 4.74 Å². The highest BCUT2D eigenvalue weighted by molar-refractivity contribution is 5.48. The Balaban J connectivity index is 0.000000129. The largest absolute Gasteiger partial charge is 0.381 e. The molecule has 27 heavy (non-hydrogen) atoms. The van der Waals surface area contributed by atoms with Gasteiger partial charge in [0.2, 0.25) is 0 Å². The lowest BCUT2D eigenvalue weighted by Crippen LogP contribution is -2.45. The van der Waals surface area contributed by atoms with Crippen LogP contribution in [0.4, 0.5) is 11.6 Å². The van der Waals surface area contributed by atoms with Crippen LogP contribution in [-0.4, -0.2) is 45.5 Å². The normalized spacial score (nSPS) is 23.4. The lowest BCUT2D eigenvalue weighted by atomic mass is 9.87. The average Bonchev–Trinajstić information content (AvgIpc) is 3.39. The molecule has 0 spiro atoms. The molecule has 2 aromatic rings. The van der Waals surface area contributed by atoms with Crippen molar-refractivity contribution < 1.29 is 4.74 Å². The van der Waals surface area contributed by atoms with Crippen molar-refractivity contribution in [1.29, 1.82) is 0 Å². The van der Waals surface area contributed by atoms with Crippen LogP contribution in [0.2, 0.25) is 0 Å². The van der Waals surface area contributed by atoms with E-state index in [-0.39, 0.29) is 5.56 Å². The summed E-state index contributed by atoms with van der Waals surface area (Å²) in [6.07, 6.45) is 15.6. The summed E-state index contributed by atoms with van der Waals surface area (Å²) in [5, 5.41) is 13.0. The van der Waals surface area contributed by atoms with Gasteiger partial charge in [0.15, 0.2) is 0 Å². The van der Waals surface area contributed by atoms with Gasteiger partial charge in [0.1, 0.15) is 11.6 Å². The molecule has 0 saturated carbocycles. The van der Waals surface area contributed by atoms with Crippen molar-refractivity contribution >= 4 is 11.6 Å². The fourth-order valence-corrected chi connectivity index (χ4v) is 3.60. The molecule has 3 aliphatic heterocycles. The first-order valence-corrected chi connectivity index (χ1v) is 9.94. The van der Waals surface area contributed by atoms with E-state index < -0.39 is 0 Å². The standard InChI is InChI=1S/C8H15N.C7H7N5O.C4H8O/c1-3-7-5-2-6-8(4-1)9-7;13-7-4-8-3-6(11-7)10-5-1-2-9-12-5;1-2-4-5-3-1/h7-9H,1-6H2;1-4H,(H3,9,10,11,12,13);1-4H2. The monoisotopic (exact) mass is 374 g/mol. The van der Waals surface area contributed by atoms with Gasteiger partial charge in [-0.1, -0.05) is 12.8 Å². The number of piperidine rings is 2. The molecule has 8 heteroatoms. The Morgan fingerprint density at radius 3 is 2.15 bits per heavy atom. The fraction of sp³-hybridized carbons (Fsp3) is 0.632. The van der Waals surface area contributed by atoms with Gasteiger partial charge in [-0.3, -0.25) is 14.9 Å². The summed E-state index contributed by atoms with van der Waals surface area (Å²) in [4.78, 5) is 17.1. The summed E-state index contributed by atoms with van der Waals surface area (Å²) in [6, 6.07) is 3.54. The maximum atomic E-state index is 10.8. The molecule has 0 amide bonds. The van der Waals surface area contributed by atoms with E-state index in [2.05, 4.69) is 30.8 Å². The van der Waals surface area contributed by atoms with Gasteiger partial charge < -0.3 is 20.4 Å². The highest BCUT2D eigenvalue weighted by atomic mass is 16.5. The lowest BCUT2D eigenvalue weighted by Gasteiger charge is -2.35. The Labute approximate surface area is 159 Å². The second-order valence-corrected chi connectivity index (χ2v) is 7.15. The van der Waals surface area contributed by atoms with Gasteiger partial charge in [-0.2, -0.15) is 5.10 Å². The Morgan fingerprint density at radius 1 is 0.963 bits per heavy atom. The highest BCUT2D eigenvalue weighted by Crippen LogP contribution is 2.24. The summed E-state index contributed by atoms with van der Waals surface area (Å²) in [5.41, 5.74) is -0.246. The molecule has 0 aliphatic carbocycles. The van der Waals surface area contributed by atoms with Gasteiger partial charge in [0, 0.05) is 31.4 Å². The molecule has 4 N–H and O–H groups in total. The molecule has 5 rings (SSSR count). The fourth-order valence-electron chi connectivity index (χ4n) is 3.60. The van der Waals surface area contributed by atoms with Gasteiger partial charge in [-0.05, 0) is 38.5 Å². The Hall–Kier alpha value is -2.19. The number of aromatic amines is 2. The van der Waals surface area contributed by atoms with E-state index in [9.17, 15) is 4.79 Å². The molecule has 0 unspecified atom stereocenters. The molecule has 148 valence electrons. The zero-order chi connectivity index (χ0) is 18.7. The zero-order valence-electron chi connectivity index (χ0n) is 15.7. The molecule has 3 aliphatic rings. The minimum atomic E-state index is -0.246. The summed E-state index contributed by atoms with van der Waals surface area (Å²) in [6.45, 7) is 2.00. The van der Waals surface area contributed by atoms with E-state index in [1.807, 2.05) is 0 Å². The van der Waals surface area contributed by atoms with Crippen molar-refractivity contribution in [2.24, 2.45) is 0 Å². The third kappa shape index (κ3) is 7.15. The minimum absolute atomic E-state index is 0.246. The summed E-state index contributed by atoms with van der Waals surface area (Å²) < 4.78 is 4.94. The van der Waals surface area contributed by atoms with Gasteiger partial charge >= 0.3 is 0 Å². The Bertz CT molecular complexity index is 671. The number of nitrogens with one attached hydrogen (secondary N) is 4. The lowest BCUT2D eigenvalue weighted by molar-refractivity contribution is 0.198. The number of fused-ring (bicyclic) bond motifs is 2. The molecule has 2 aromatic heterocycles. The number of H-pyrrole nitrogens is 2.